The molecule has 0 spiro atoms. The standard InChI is InChI=1S/C19H14ClN5O3/c20-12-2-4-14-18(28-9-27-14)17(12)24-15-5-6-21-19(25-15)22-11-1-3-13-10(7-11)8-16(26)23-13/h1-7H,8-9H2,(H,23,26)(H2,21,22,24,25). The third-order valence-corrected chi connectivity index (χ3v) is 4.70. The lowest BCUT2D eigenvalue weighted by atomic mass is 10.1. The number of anilines is 5. The van der Waals surface area contributed by atoms with E-state index in [0.717, 1.165) is 16.9 Å². The molecule has 1 amide bonds. The zero-order chi connectivity index (χ0) is 19.1. The van der Waals surface area contributed by atoms with Crippen molar-refractivity contribution in [3.63, 3.8) is 0 Å². The fraction of sp³-hybridized carbons (Fsp3) is 0.105. The zero-order valence-corrected chi connectivity index (χ0v) is 15.2. The lowest BCUT2D eigenvalue weighted by molar-refractivity contribution is -0.115. The van der Waals surface area contributed by atoms with E-state index >= 15 is 0 Å². The van der Waals surface area contributed by atoms with Crippen molar-refractivity contribution in [3.8, 4) is 11.5 Å². The summed E-state index contributed by atoms with van der Waals surface area (Å²) in [7, 11) is 0. The maximum Gasteiger partial charge on any atom is 0.231 e. The molecule has 140 valence electrons. The predicted molar refractivity (Wildman–Crippen MR) is 105 cm³/mol. The molecule has 0 bridgehead atoms. The van der Waals surface area contributed by atoms with Gasteiger partial charge in [-0.15, -0.1) is 0 Å². The summed E-state index contributed by atoms with van der Waals surface area (Å²) in [5.74, 6) is 2.12. The SMILES string of the molecule is O=C1Cc2cc(Nc3nccc(Nc4c(Cl)ccc5c4OCO5)n3)ccc2N1. The van der Waals surface area contributed by atoms with Crippen LogP contribution in [0.1, 0.15) is 5.56 Å². The monoisotopic (exact) mass is 395 g/mol. The molecule has 2 aliphatic heterocycles. The number of carbonyl (C=O) groups is 1. The first kappa shape index (κ1) is 16.6. The average molecular weight is 396 g/mol. The first-order chi connectivity index (χ1) is 13.7. The summed E-state index contributed by atoms with van der Waals surface area (Å²) in [6, 6.07) is 10.8. The lowest BCUT2D eigenvalue weighted by Crippen LogP contribution is -2.03. The third-order valence-electron chi connectivity index (χ3n) is 4.38. The third kappa shape index (κ3) is 3.03. The molecule has 9 heteroatoms. The molecule has 2 aromatic carbocycles. The fourth-order valence-corrected chi connectivity index (χ4v) is 3.31. The first-order valence-corrected chi connectivity index (χ1v) is 8.91. The quantitative estimate of drug-likeness (QED) is 0.617. The van der Waals surface area contributed by atoms with Crippen LogP contribution >= 0.6 is 11.6 Å². The number of hydrogen-bond donors (Lipinski definition) is 3. The Morgan fingerprint density at radius 1 is 1.11 bits per heavy atom. The number of fused-ring (bicyclic) bond motifs is 2. The minimum absolute atomic E-state index is 0.00642. The number of aromatic nitrogens is 2. The van der Waals surface area contributed by atoms with E-state index in [2.05, 4.69) is 25.9 Å². The molecule has 3 N–H and O–H groups in total. The average Bonchev–Trinajstić information content (AvgIpc) is 3.29. The first-order valence-electron chi connectivity index (χ1n) is 8.54. The smallest absolute Gasteiger partial charge is 0.231 e. The van der Waals surface area contributed by atoms with E-state index < -0.39 is 0 Å². The van der Waals surface area contributed by atoms with Crippen LogP contribution in [-0.2, 0) is 11.2 Å². The Labute approximate surface area is 164 Å². The van der Waals surface area contributed by atoms with Gasteiger partial charge in [-0.05, 0) is 42.0 Å². The predicted octanol–water partition coefficient (Wildman–Crippen LogP) is 3.84. The van der Waals surface area contributed by atoms with Gasteiger partial charge in [-0.1, -0.05) is 11.6 Å². The number of benzene rings is 2. The van der Waals surface area contributed by atoms with Gasteiger partial charge >= 0.3 is 0 Å². The van der Waals surface area contributed by atoms with E-state index in [9.17, 15) is 4.79 Å². The maximum absolute atomic E-state index is 11.5. The van der Waals surface area contributed by atoms with Gasteiger partial charge in [0.25, 0.3) is 0 Å². The van der Waals surface area contributed by atoms with Crippen molar-refractivity contribution in [3.05, 3.63) is 53.2 Å². The summed E-state index contributed by atoms with van der Waals surface area (Å²) in [5, 5.41) is 9.62. The molecule has 0 aliphatic carbocycles. The Hall–Kier alpha value is -3.52. The Balaban J connectivity index is 1.39. The molecule has 3 aromatic rings. The molecule has 5 rings (SSSR count). The van der Waals surface area contributed by atoms with Gasteiger partial charge in [0.1, 0.15) is 11.5 Å². The van der Waals surface area contributed by atoms with Crippen molar-refractivity contribution in [2.45, 2.75) is 6.42 Å². The molecule has 0 unspecified atom stereocenters. The molecule has 0 atom stereocenters. The van der Waals surface area contributed by atoms with Gasteiger partial charge in [0.2, 0.25) is 18.6 Å². The van der Waals surface area contributed by atoms with Crippen molar-refractivity contribution in [2.24, 2.45) is 0 Å². The van der Waals surface area contributed by atoms with E-state index in [0.29, 0.717) is 40.4 Å². The van der Waals surface area contributed by atoms with E-state index in [1.807, 2.05) is 18.2 Å². The number of ether oxygens (including phenoxy) is 2. The zero-order valence-electron chi connectivity index (χ0n) is 14.5. The molecule has 1 aromatic heterocycles. The highest BCUT2D eigenvalue weighted by Crippen LogP contribution is 2.44. The molecule has 28 heavy (non-hydrogen) atoms. The van der Waals surface area contributed by atoms with Crippen molar-refractivity contribution in [1.29, 1.82) is 0 Å². The largest absolute Gasteiger partial charge is 0.454 e. The molecule has 3 heterocycles. The van der Waals surface area contributed by atoms with Gasteiger partial charge < -0.3 is 25.4 Å². The van der Waals surface area contributed by atoms with Crippen LogP contribution in [0.25, 0.3) is 0 Å². The fourth-order valence-electron chi connectivity index (χ4n) is 3.12. The summed E-state index contributed by atoms with van der Waals surface area (Å²) in [6.07, 6.45) is 2.00. The number of carbonyl (C=O) groups excluding carboxylic acids is 1. The van der Waals surface area contributed by atoms with Gasteiger partial charge in [-0.25, -0.2) is 4.98 Å². The van der Waals surface area contributed by atoms with Gasteiger partial charge in [0.15, 0.2) is 11.5 Å². The Morgan fingerprint density at radius 3 is 2.96 bits per heavy atom. The van der Waals surface area contributed by atoms with Crippen molar-refractivity contribution in [2.75, 3.05) is 22.7 Å². The Morgan fingerprint density at radius 2 is 2.04 bits per heavy atom. The summed E-state index contributed by atoms with van der Waals surface area (Å²) in [5.41, 5.74) is 3.15. The highest BCUT2D eigenvalue weighted by Gasteiger charge is 2.21. The number of nitrogens with zero attached hydrogens (tertiary/aromatic N) is 2. The molecule has 0 radical (unpaired) electrons. The second-order valence-electron chi connectivity index (χ2n) is 6.27. The highest BCUT2D eigenvalue weighted by atomic mass is 35.5. The highest BCUT2D eigenvalue weighted by molar-refractivity contribution is 6.33. The summed E-state index contributed by atoms with van der Waals surface area (Å²) >= 11 is 6.30. The van der Waals surface area contributed by atoms with Crippen molar-refractivity contribution >= 4 is 46.3 Å². The van der Waals surface area contributed by atoms with Crippen LogP contribution in [-0.4, -0.2) is 22.7 Å². The molecular weight excluding hydrogens is 382 g/mol. The number of amides is 1. The molecule has 0 saturated heterocycles. The summed E-state index contributed by atoms with van der Waals surface area (Å²) in [6.45, 7) is 0.149. The minimum atomic E-state index is -0.00642. The molecule has 0 saturated carbocycles. The van der Waals surface area contributed by atoms with Gasteiger partial charge in [-0.2, -0.15) is 4.98 Å². The van der Waals surface area contributed by atoms with E-state index in [4.69, 9.17) is 21.1 Å². The summed E-state index contributed by atoms with van der Waals surface area (Å²) < 4.78 is 10.9. The molecule has 0 fully saturated rings. The van der Waals surface area contributed by atoms with E-state index in [-0.39, 0.29) is 12.7 Å². The van der Waals surface area contributed by atoms with Gasteiger partial charge in [0, 0.05) is 17.6 Å². The maximum atomic E-state index is 11.5. The van der Waals surface area contributed by atoms with Gasteiger partial charge in [-0.3, -0.25) is 4.79 Å². The minimum Gasteiger partial charge on any atom is -0.454 e. The van der Waals surface area contributed by atoms with Crippen LogP contribution in [0.5, 0.6) is 11.5 Å². The number of hydrogen-bond acceptors (Lipinski definition) is 7. The van der Waals surface area contributed by atoms with Crippen LogP contribution in [0.2, 0.25) is 5.02 Å². The number of nitrogens with one attached hydrogen (secondary N) is 3. The second-order valence-corrected chi connectivity index (χ2v) is 6.68. The van der Waals surface area contributed by atoms with Crippen molar-refractivity contribution < 1.29 is 14.3 Å². The Bertz CT molecular complexity index is 1100. The van der Waals surface area contributed by atoms with Crippen LogP contribution in [0.15, 0.2) is 42.6 Å². The van der Waals surface area contributed by atoms with E-state index in [1.54, 1.807) is 24.4 Å². The number of halogens is 1. The van der Waals surface area contributed by atoms with Gasteiger partial charge in [0.05, 0.1) is 11.4 Å². The lowest BCUT2D eigenvalue weighted by Gasteiger charge is -2.12. The second kappa shape index (κ2) is 6.58. The Kier molecular flexibility index (Phi) is 3.91. The summed E-state index contributed by atoms with van der Waals surface area (Å²) in [4.78, 5) is 20.2. The van der Waals surface area contributed by atoms with Crippen LogP contribution in [0.4, 0.5) is 28.8 Å². The van der Waals surface area contributed by atoms with Crippen molar-refractivity contribution in [1.82, 2.24) is 9.97 Å². The van der Waals surface area contributed by atoms with Crippen LogP contribution < -0.4 is 25.4 Å². The van der Waals surface area contributed by atoms with Crippen LogP contribution in [0, 0.1) is 0 Å². The van der Waals surface area contributed by atoms with Crippen LogP contribution in [0.3, 0.4) is 0 Å². The number of rotatable bonds is 4. The molecule has 8 nitrogen and oxygen atoms in total. The normalized spacial score (nSPS) is 13.8. The topological polar surface area (TPSA) is 97.4 Å². The van der Waals surface area contributed by atoms with E-state index in [1.165, 1.54) is 0 Å². The molecule has 2 aliphatic rings. The molecular formula is C19H14ClN5O3.